The van der Waals surface area contributed by atoms with Crippen LogP contribution in [0.5, 0.6) is 0 Å². The summed E-state index contributed by atoms with van der Waals surface area (Å²) in [5, 5.41) is 19.0. The highest BCUT2D eigenvalue weighted by atomic mass is 35.5. The molecule has 1 unspecified atom stereocenters. The van der Waals surface area contributed by atoms with E-state index in [0.29, 0.717) is 6.10 Å². The Bertz CT molecular complexity index is 462. The summed E-state index contributed by atoms with van der Waals surface area (Å²) in [5.41, 5.74) is 1.22. The van der Waals surface area contributed by atoms with Gasteiger partial charge in [-0.1, -0.05) is 23.7 Å². The number of halogens is 1. The average molecular weight is 316 g/mol. The third-order valence-electron chi connectivity index (χ3n) is 2.80. The number of carbonyl (C=O) groups is 2. The lowest BCUT2D eigenvalue weighted by Crippen LogP contribution is -2.25. The summed E-state index contributed by atoms with van der Waals surface area (Å²) in [6.07, 6.45) is 2.79. The monoisotopic (exact) mass is 315 g/mol. The third-order valence-corrected chi connectivity index (χ3v) is 3.03. The zero-order valence-electron chi connectivity index (χ0n) is 11.4. The van der Waals surface area contributed by atoms with E-state index in [0.717, 1.165) is 24.7 Å². The van der Waals surface area contributed by atoms with Crippen LogP contribution in [0, 0.1) is 0 Å². The fourth-order valence-electron chi connectivity index (χ4n) is 1.83. The van der Waals surface area contributed by atoms with Crippen molar-refractivity contribution in [1.29, 1.82) is 0 Å². The van der Waals surface area contributed by atoms with Crippen LogP contribution in [0.4, 0.5) is 0 Å². The summed E-state index contributed by atoms with van der Waals surface area (Å²) in [4.78, 5) is 18.2. The van der Waals surface area contributed by atoms with Crippen LogP contribution < -0.4 is 5.32 Å². The summed E-state index contributed by atoms with van der Waals surface area (Å²) in [6.45, 7) is 2.72. The Balaban J connectivity index is 0.000000315. The molecule has 1 atom stereocenters. The van der Waals surface area contributed by atoms with E-state index < -0.39 is 11.9 Å². The zero-order chi connectivity index (χ0) is 15.7. The summed E-state index contributed by atoms with van der Waals surface area (Å²) in [6, 6.07) is 7.94. The molecule has 1 aromatic rings. The van der Waals surface area contributed by atoms with Crippen LogP contribution in [0.15, 0.2) is 24.3 Å². The van der Waals surface area contributed by atoms with E-state index in [2.05, 4.69) is 11.4 Å². The molecule has 1 heterocycles. The Kier molecular flexibility index (Phi) is 7.74. The van der Waals surface area contributed by atoms with Gasteiger partial charge in [-0.05, 0) is 30.5 Å². The minimum atomic E-state index is -1.82. The maximum absolute atomic E-state index is 9.10. The molecule has 1 fully saturated rings. The Morgan fingerprint density at radius 3 is 2.57 bits per heavy atom. The van der Waals surface area contributed by atoms with Crippen molar-refractivity contribution in [1.82, 2.24) is 5.32 Å². The molecule has 0 aromatic heterocycles. The number of ether oxygens (including phenoxy) is 1. The number of rotatable bonds is 4. The van der Waals surface area contributed by atoms with E-state index in [-0.39, 0.29) is 0 Å². The molecule has 2 rings (SSSR count). The molecule has 7 heteroatoms. The molecule has 21 heavy (non-hydrogen) atoms. The molecule has 0 saturated carbocycles. The molecular weight excluding hydrogens is 298 g/mol. The van der Waals surface area contributed by atoms with E-state index in [9.17, 15) is 0 Å². The van der Waals surface area contributed by atoms with Gasteiger partial charge in [0.15, 0.2) is 0 Å². The van der Waals surface area contributed by atoms with Crippen molar-refractivity contribution in [3.63, 3.8) is 0 Å². The molecule has 0 radical (unpaired) electrons. The second-order valence-electron chi connectivity index (χ2n) is 4.51. The molecule has 1 aliphatic heterocycles. The zero-order valence-corrected chi connectivity index (χ0v) is 12.2. The van der Waals surface area contributed by atoms with Crippen molar-refractivity contribution in [2.24, 2.45) is 0 Å². The van der Waals surface area contributed by atoms with Crippen molar-refractivity contribution in [3.05, 3.63) is 34.9 Å². The highest BCUT2D eigenvalue weighted by Crippen LogP contribution is 2.12. The topological polar surface area (TPSA) is 95.9 Å². The van der Waals surface area contributed by atoms with Crippen molar-refractivity contribution in [2.45, 2.75) is 25.5 Å². The van der Waals surface area contributed by atoms with E-state index in [1.54, 1.807) is 0 Å². The van der Waals surface area contributed by atoms with Gasteiger partial charge in [-0.3, -0.25) is 0 Å². The van der Waals surface area contributed by atoms with Crippen LogP contribution in [0.3, 0.4) is 0 Å². The normalized spacial score (nSPS) is 16.9. The molecule has 6 nitrogen and oxygen atoms in total. The fraction of sp³-hybridized carbons (Fsp3) is 0.429. The van der Waals surface area contributed by atoms with Gasteiger partial charge in [0, 0.05) is 24.7 Å². The lowest BCUT2D eigenvalue weighted by Gasteiger charge is -2.10. The number of nitrogens with one attached hydrogen (secondary N) is 1. The molecule has 0 amide bonds. The Morgan fingerprint density at radius 2 is 2.05 bits per heavy atom. The first-order valence-electron chi connectivity index (χ1n) is 6.52. The van der Waals surface area contributed by atoms with E-state index >= 15 is 0 Å². The number of benzene rings is 1. The summed E-state index contributed by atoms with van der Waals surface area (Å²) in [7, 11) is 0. The average Bonchev–Trinajstić information content (AvgIpc) is 2.92. The Hall–Kier alpha value is -1.63. The highest BCUT2D eigenvalue weighted by molar-refractivity contribution is 6.30. The predicted octanol–water partition coefficient (Wildman–Crippen LogP) is 1.76. The first-order valence-corrected chi connectivity index (χ1v) is 6.90. The molecule has 1 saturated heterocycles. The molecule has 0 bridgehead atoms. The lowest BCUT2D eigenvalue weighted by atomic mass is 10.2. The van der Waals surface area contributed by atoms with Crippen molar-refractivity contribution in [2.75, 3.05) is 13.2 Å². The van der Waals surface area contributed by atoms with Gasteiger partial charge in [0.25, 0.3) is 0 Å². The van der Waals surface area contributed by atoms with Gasteiger partial charge >= 0.3 is 11.9 Å². The van der Waals surface area contributed by atoms with E-state index in [1.165, 1.54) is 18.4 Å². The Labute approximate surface area is 127 Å². The highest BCUT2D eigenvalue weighted by Gasteiger charge is 2.14. The van der Waals surface area contributed by atoms with Crippen LogP contribution in [0.1, 0.15) is 18.4 Å². The maximum atomic E-state index is 9.10. The number of carboxylic acid groups (broad SMARTS) is 2. The minimum absolute atomic E-state index is 0.407. The van der Waals surface area contributed by atoms with Crippen LogP contribution >= 0.6 is 11.6 Å². The summed E-state index contributed by atoms with van der Waals surface area (Å²) in [5.74, 6) is -3.65. The van der Waals surface area contributed by atoms with Gasteiger partial charge < -0.3 is 20.3 Å². The molecule has 0 aliphatic carbocycles. The van der Waals surface area contributed by atoms with Crippen LogP contribution in [0.2, 0.25) is 5.02 Å². The number of hydrogen-bond acceptors (Lipinski definition) is 4. The number of carboxylic acids is 2. The predicted molar refractivity (Wildman–Crippen MR) is 77.4 cm³/mol. The Morgan fingerprint density at radius 1 is 1.33 bits per heavy atom. The molecule has 1 aliphatic rings. The van der Waals surface area contributed by atoms with Crippen molar-refractivity contribution in [3.8, 4) is 0 Å². The van der Waals surface area contributed by atoms with Gasteiger partial charge in [-0.2, -0.15) is 0 Å². The summed E-state index contributed by atoms with van der Waals surface area (Å²) >= 11 is 5.90. The molecular formula is C14H18ClNO5. The fourth-order valence-corrected chi connectivity index (χ4v) is 2.04. The van der Waals surface area contributed by atoms with Crippen molar-refractivity contribution < 1.29 is 24.5 Å². The molecule has 1 aromatic carbocycles. The standard InChI is InChI=1S/C12H16ClNO.C2H2O4/c13-11-4-1-3-10(7-11)8-14-9-12-5-2-6-15-12;3-1(4)2(5)6/h1,3-4,7,12,14H,2,5-6,8-9H2;(H,3,4)(H,5,6). The first-order chi connectivity index (χ1) is 9.99. The van der Waals surface area contributed by atoms with Gasteiger partial charge in [-0.25, -0.2) is 9.59 Å². The van der Waals surface area contributed by atoms with Crippen LogP contribution in [0.25, 0.3) is 0 Å². The lowest BCUT2D eigenvalue weighted by molar-refractivity contribution is -0.159. The molecule has 116 valence electrons. The quantitative estimate of drug-likeness (QED) is 0.733. The first kappa shape index (κ1) is 17.4. The third kappa shape index (κ3) is 7.65. The van der Waals surface area contributed by atoms with E-state index in [4.69, 9.17) is 36.1 Å². The van der Waals surface area contributed by atoms with Crippen LogP contribution in [-0.2, 0) is 20.9 Å². The van der Waals surface area contributed by atoms with Gasteiger partial charge in [0.2, 0.25) is 0 Å². The molecule has 0 spiro atoms. The second kappa shape index (κ2) is 9.33. The van der Waals surface area contributed by atoms with Gasteiger partial charge in [0.1, 0.15) is 0 Å². The van der Waals surface area contributed by atoms with Crippen LogP contribution in [-0.4, -0.2) is 41.4 Å². The second-order valence-corrected chi connectivity index (χ2v) is 4.94. The minimum Gasteiger partial charge on any atom is -0.473 e. The SMILES string of the molecule is Clc1cccc(CNCC2CCCO2)c1.O=C(O)C(=O)O. The largest absolute Gasteiger partial charge is 0.473 e. The maximum Gasteiger partial charge on any atom is 0.414 e. The number of hydrogen-bond donors (Lipinski definition) is 3. The molecule has 3 N–H and O–H groups in total. The van der Waals surface area contributed by atoms with E-state index in [1.807, 2.05) is 18.2 Å². The van der Waals surface area contributed by atoms with Gasteiger partial charge in [-0.15, -0.1) is 0 Å². The number of aliphatic carboxylic acids is 2. The van der Waals surface area contributed by atoms with Gasteiger partial charge in [0.05, 0.1) is 6.10 Å². The smallest absolute Gasteiger partial charge is 0.414 e. The summed E-state index contributed by atoms with van der Waals surface area (Å²) < 4.78 is 5.53. The van der Waals surface area contributed by atoms with Crippen molar-refractivity contribution >= 4 is 23.5 Å².